The van der Waals surface area contributed by atoms with E-state index < -0.39 is 0 Å². The lowest BCUT2D eigenvalue weighted by atomic mass is 9.98. The Balaban J connectivity index is 1.67. The number of aromatic nitrogens is 2. The number of aryl methyl sites for hydroxylation is 3. The van der Waals surface area contributed by atoms with Gasteiger partial charge < -0.3 is 10.5 Å². The molecule has 0 saturated heterocycles. The Morgan fingerprint density at radius 2 is 2.00 bits per heavy atom. The minimum absolute atomic E-state index is 0.157. The summed E-state index contributed by atoms with van der Waals surface area (Å²) in [4.78, 5) is 16.7. The van der Waals surface area contributed by atoms with Crippen LogP contribution in [0, 0.1) is 26.0 Å². The van der Waals surface area contributed by atoms with Crippen LogP contribution in [0.15, 0.2) is 46.9 Å². The molecule has 0 aliphatic rings. The first-order valence-corrected chi connectivity index (χ1v) is 9.95. The van der Waals surface area contributed by atoms with Gasteiger partial charge >= 0.3 is 0 Å². The highest BCUT2D eigenvalue weighted by atomic mass is 32.2. The topological polar surface area (TPSA) is 68.9 Å². The lowest BCUT2D eigenvalue weighted by Gasteiger charge is -2.08. The fourth-order valence-corrected chi connectivity index (χ4v) is 4.28. The highest BCUT2D eigenvalue weighted by molar-refractivity contribution is 7.99. The molecule has 134 valence electrons. The van der Waals surface area contributed by atoms with E-state index in [1.807, 2.05) is 5.38 Å². The third-order valence-electron chi connectivity index (χ3n) is 3.82. The first-order chi connectivity index (χ1) is 12.4. The molecular weight excluding hydrogens is 366 g/mol. The van der Waals surface area contributed by atoms with Crippen molar-refractivity contribution in [1.29, 1.82) is 0 Å². The van der Waals surface area contributed by atoms with E-state index in [0.717, 1.165) is 16.0 Å². The van der Waals surface area contributed by atoms with Crippen molar-refractivity contribution in [3.63, 3.8) is 0 Å². The summed E-state index contributed by atoms with van der Waals surface area (Å²) in [6.45, 7) is 6.22. The molecule has 0 atom stereocenters. The minimum atomic E-state index is -0.183. The van der Waals surface area contributed by atoms with Crippen LogP contribution in [0.3, 0.4) is 0 Å². The fourth-order valence-electron chi connectivity index (χ4n) is 2.85. The summed E-state index contributed by atoms with van der Waals surface area (Å²) in [5.74, 6) is -0.0267. The molecule has 0 aliphatic heterocycles. The molecule has 0 unspecified atom stereocenters. The number of thioether (sulfide) groups is 1. The molecular formula is C19H19N3O2S2. The summed E-state index contributed by atoms with van der Waals surface area (Å²) in [7, 11) is 0. The third kappa shape index (κ3) is 4.23. The summed E-state index contributed by atoms with van der Waals surface area (Å²) in [5.41, 5.74) is 5.54. The normalized spacial score (nSPS) is 10.7. The highest BCUT2D eigenvalue weighted by Gasteiger charge is 2.13. The van der Waals surface area contributed by atoms with Crippen LogP contribution in [0.1, 0.15) is 16.7 Å². The number of nitrogens with zero attached hydrogens (tertiary/aromatic N) is 2. The van der Waals surface area contributed by atoms with Gasteiger partial charge in [0.2, 0.25) is 5.91 Å². The largest absolute Gasteiger partial charge is 0.618 e. The third-order valence-corrected chi connectivity index (χ3v) is 5.60. The maximum absolute atomic E-state index is 12.1. The van der Waals surface area contributed by atoms with Gasteiger partial charge in [-0.05, 0) is 49.7 Å². The molecule has 0 fully saturated rings. The van der Waals surface area contributed by atoms with Crippen LogP contribution >= 0.6 is 23.1 Å². The molecule has 3 aromatic rings. The Morgan fingerprint density at radius 3 is 2.69 bits per heavy atom. The number of rotatable bonds is 5. The standard InChI is InChI=1S/C19H19N3O2S2/c1-12-8-13(2)18(14(3)9-12)15-10-26-19(20-15)21-16(23)11-25-17-6-4-5-7-22(17)24/h4-10H,11H2,1-3H3,(H,20,21,23). The number of amides is 1. The molecule has 0 saturated carbocycles. The lowest BCUT2D eigenvalue weighted by molar-refractivity contribution is -0.645. The van der Waals surface area contributed by atoms with Crippen molar-refractivity contribution < 1.29 is 9.52 Å². The molecule has 0 aliphatic carbocycles. The number of carbonyl (C=O) groups is 1. The van der Waals surface area contributed by atoms with Gasteiger partial charge in [-0.25, -0.2) is 4.98 Å². The van der Waals surface area contributed by atoms with Gasteiger partial charge in [-0.2, -0.15) is 4.73 Å². The molecule has 1 aromatic carbocycles. The van der Waals surface area contributed by atoms with Crippen molar-refractivity contribution in [2.45, 2.75) is 25.8 Å². The van der Waals surface area contributed by atoms with Gasteiger partial charge in [0.25, 0.3) is 5.03 Å². The monoisotopic (exact) mass is 385 g/mol. The van der Waals surface area contributed by atoms with Gasteiger partial charge in [0, 0.05) is 23.1 Å². The molecule has 5 nitrogen and oxygen atoms in total. The number of thiazole rings is 1. The van der Waals surface area contributed by atoms with Crippen LogP contribution < -0.4 is 10.0 Å². The predicted molar refractivity (Wildman–Crippen MR) is 107 cm³/mol. The molecule has 3 rings (SSSR count). The highest BCUT2D eigenvalue weighted by Crippen LogP contribution is 2.31. The van der Waals surface area contributed by atoms with Crippen molar-refractivity contribution in [3.8, 4) is 11.3 Å². The van der Waals surface area contributed by atoms with E-state index in [-0.39, 0.29) is 11.7 Å². The maximum atomic E-state index is 12.1. The molecule has 1 amide bonds. The Morgan fingerprint density at radius 1 is 1.27 bits per heavy atom. The predicted octanol–water partition coefficient (Wildman–Crippen LogP) is 4.10. The molecule has 0 radical (unpaired) electrons. The van der Waals surface area contributed by atoms with Crippen LogP contribution in [-0.4, -0.2) is 16.6 Å². The van der Waals surface area contributed by atoms with Gasteiger partial charge in [-0.15, -0.1) is 11.3 Å². The van der Waals surface area contributed by atoms with E-state index in [4.69, 9.17) is 0 Å². The van der Waals surface area contributed by atoms with Gasteiger partial charge in [-0.1, -0.05) is 17.7 Å². The number of anilines is 1. The van der Waals surface area contributed by atoms with Gasteiger partial charge in [-0.3, -0.25) is 4.79 Å². The number of carbonyl (C=O) groups excluding carboxylic acids is 1. The smallest absolute Gasteiger partial charge is 0.251 e. The average Bonchev–Trinajstić information content (AvgIpc) is 3.01. The molecule has 26 heavy (non-hydrogen) atoms. The number of benzene rings is 1. The number of nitrogens with one attached hydrogen (secondary N) is 1. The van der Waals surface area contributed by atoms with E-state index in [1.165, 1.54) is 46.0 Å². The van der Waals surface area contributed by atoms with E-state index in [9.17, 15) is 10.0 Å². The second-order valence-corrected chi connectivity index (χ2v) is 7.87. The Bertz CT molecular complexity index is 930. The van der Waals surface area contributed by atoms with Gasteiger partial charge in [0.1, 0.15) is 0 Å². The zero-order chi connectivity index (χ0) is 18.7. The lowest BCUT2D eigenvalue weighted by Crippen LogP contribution is -2.28. The van der Waals surface area contributed by atoms with Crippen LogP contribution in [0.25, 0.3) is 11.3 Å². The summed E-state index contributed by atoms with van der Waals surface area (Å²) in [6, 6.07) is 9.38. The molecule has 2 heterocycles. The second-order valence-electron chi connectivity index (χ2n) is 6.01. The van der Waals surface area contributed by atoms with Crippen LogP contribution in [0.2, 0.25) is 0 Å². The van der Waals surface area contributed by atoms with Gasteiger partial charge in [0.15, 0.2) is 11.3 Å². The van der Waals surface area contributed by atoms with Crippen molar-refractivity contribution >= 4 is 34.1 Å². The van der Waals surface area contributed by atoms with Crippen molar-refractivity contribution in [2.75, 3.05) is 11.1 Å². The summed E-state index contributed by atoms with van der Waals surface area (Å²) in [5, 5.41) is 17.4. The molecule has 0 bridgehead atoms. The quantitative estimate of drug-likeness (QED) is 0.408. The Labute approximate surface area is 160 Å². The zero-order valence-corrected chi connectivity index (χ0v) is 16.4. The average molecular weight is 386 g/mol. The SMILES string of the molecule is Cc1cc(C)c(-c2csc(NC(=O)CSc3cccc[n+]3[O-])n2)c(C)c1. The molecule has 7 heteroatoms. The van der Waals surface area contributed by atoms with E-state index >= 15 is 0 Å². The second kappa shape index (κ2) is 7.88. The summed E-state index contributed by atoms with van der Waals surface area (Å²) in [6.07, 6.45) is 1.42. The maximum Gasteiger partial charge on any atom is 0.251 e. The molecule has 0 spiro atoms. The molecule has 1 N–H and O–H groups in total. The number of pyridine rings is 1. The van der Waals surface area contributed by atoms with E-state index in [1.54, 1.807) is 18.2 Å². The van der Waals surface area contributed by atoms with Crippen LogP contribution in [0.5, 0.6) is 0 Å². The van der Waals surface area contributed by atoms with Gasteiger partial charge in [0.05, 0.1) is 11.4 Å². The first kappa shape index (κ1) is 18.4. The fraction of sp³-hybridized carbons (Fsp3) is 0.211. The summed E-state index contributed by atoms with van der Waals surface area (Å²) < 4.78 is 0.752. The van der Waals surface area contributed by atoms with E-state index in [0.29, 0.717) is 10.2 Å². The summed E-state index contributed by atoms with van der Waals surface area (Å²) >= 11 is 2.60. The van der Waals surface area contributed by atoms with Crippen molar-refractivity contribution in [3.05, 3.63) is 63.8 Å². The van der Waals surface area contributed by atoms with Crippen molar-refractivity contribution in [1.82, 2.24) is 4.98 Å². The molecule has 2 aromatic heterocycles. The first-order valence-electron chi connectivity index (χ1n) is 8.08. The van der Waals surface area contributed by atoms with Crippen LogP contribution in [0.4, 0.5) is 5.13 Å². The Hall–Kier alpha value is -2.38. The minimum Gasteiger partial charge on any atom is -0.618 e. The van der Waals surface area contributed by atoms with E-state index in [2.05, 4.69) is 43.2 Å². The number of hydrogen-bond donors (Lipinski definition) is 1. The Kier molecular flexibility index (Phi) is 5.58. The number of hydrogen-bond acceptors (Lipinski definition) is 5. The van der Waals surface area contributed by atoms with Crippen molar-refractivity contribution in [2.24, 2.45) is 0 Å². The zero-order valence-electron chi connectivity index (χ0n) is 14.8. The van der Waals surface area contributed by atoms with Crippen LogP contribution in [-0.2, 0) is 4.79 Å².